The van der Waals surface area contributed by atoms with Gasteiger partial charge in [-0.1, -0.05) is 24.3 Å². The van der Waals surface area contributed by atoms with Crippen LogP contribution < -0.4 is 5.32 Å². The molecule has 0 saturated carbocycles. The van der Waals surface area contributed by atoms with E-state index >= 15 is 0 Å². The van der Waals surface area contributed by atoms with Crippen molar-refractivity contribution >= 4 is 5.91 Å². The summed E-state index contributed by atoms with van der Waals surface area (Å²) in [5.41, 5.74) is 5.39. The van der Waals surface area contributed by atoms with Gasteiger partial charge < -0.3 is 15.0 Å². The molecule has 0 aromatic heterocycles. The van der Waals surface area contributed by atoms with Gasteiger partial charge in [0, 0.05) is 31.9 Å². The van der Waals surface area contributed by atoms with Crippen LogP contribution in [0.4, 0.5) is 0 Å². The third-order valence-electron chi connectivity index (χ3n) is 5.16. The maximum Gasteiger partial charge on any atom is 0.249 e. The summed E-state index contributed by atoms with van der Waals surface area (Å²) in [4.78, 5) is 14.5. The molecule has 0 radical (unpaired) electrons. The Bertz CT molecular complexity index is 687. The normalized spacial score (nSPS) is 22.4. The van der Waals surface area contributed by atoms with Crippen LogP contribution in [0.2, 0.25) is 0 Å². The van der Waals surface area contributed by atoms with Gasteiger partial charge in [-0.05, 0) is 54.5 Å². The monoisotopic (exact) mass is 324 g/mol. The number of benzene rings is 1. The predicted molar refractivity (Wildman–Crippen MR) is 93.5 cm³/mol. The summed E-state index contributed by atoms with van der Waals surface area (Å²) in [6, 6.07) is 6.64. The lowest BCUT2D eigenvalue weighted by Gasteiger charge is -2.26. The highest BCUT2D eigenvalue weighted by molar-refractivity contribution is 5.80. The molecule has 2 heterocycles. The lowest BCUT2D eigenvalue weighted by molar-refractivity contribution is -0.130. The molecule has 1 amide bonds. The molecule has 0 bridgehead atoms. The molecule has 2 aliphatic heterocycles. The molecular weight excluding hydrogens is 300 g/mol. The number of allylic oxidation sites excluding steroid dienone is 3. The number of nitrogens with zero attached hydrogens (tertiary/aromatic N) is 1. The molecular formula is C20H24N2O2. The minimum absolute atomic E-state index is 0.0253. The van der Waals surface area contributed by atoms with Crippen molar-refractivity contribution in [1.29, 1.82) is 0 Å². The first-order valence-electron chi connectivity index (χ1n) is 8.93. The van der Waals surface area contributed by atoms with E-state index in [1.54, 1.807) is 0 Å². The molecule has 24 heavy (non-hydrogen) atoms. The van der Waals surface area contributed by atoms with Gasteiger partial charge in [-0.15, -0.1) is 0 Å². The van der Waals surface area contributed by atoms with E-state index < -0.39 is 0 Å². The summed E-state index contributed by atoms with van der Waals surface area (Å²) in [6.07, 6.45) is 10.2. The number of hydrogen-bond donors (Lipinski definition) is 1. The van der Waals surface area contributed by atoms with Crippen molar-refractivity contribution in [3.8, 4) is 0 Å². The molecule has 4 heteroatoms. The Morgan fingerprint density at radius 3 is 2.79 bits per heavy atom. The minimum Gasteiger partial charge on any atom is -0.371 e. The number of rotatable bonds is 4. The molecule has 1 atom stereocenters. The minimum atomic E-state index is -0.247. The number of nitrogens with one attached hydrogen (secondary N) is 1. The fraction of sp³-hybridized carbons (Fsp3) is 0.450. The maximum atomic E-state index is 12.1. The summed E-state index contributed by atoms with van der Waals surface area (Å²) >= 11 is 0. The second-order valence-electron chi connectivity index (χ2n) is 6.76. The van der Waals surface area contributed by atoms with Crippen molar-refractivity contribution in [2.75, 3.05) is 19.7 Å². The molecule has 1 saturated heterocycles. The van der Waals surface area contributed by atoms with Gasteiger partial charge >= 0.3 is 0 Å². The quantitative estimate of drug-likeness (QED) is 0.924. The Morgan fingerprint density at radius 2 is 2.08 bits per heavy atom. The maximum absolute atomic E-state index is 12.1. The Labute approximate surface area is 143 Å². The number of amides is 1. The molecule has 4 rings (SSSR count). The van der Waals surface area contributed by atoms with E-state index in [9.17, 15) is 4.79 Å². The largest absolute Gasteiger partial charge is 0.371 e. The lowest BCUT2D eigenvalue weighted by Crippen LogP contribution is -2.33. The molecule has 0 spiro atoms. The number of carbonyl (C=O) groups is 1. The summed E-state index contributed by atoms with van der Waals surface area (Å²) in [6.45, 7) is 3.44. The fourth-order valence-electron chi connectivity index (χ4n) is 3.63. The molecule has 1 aliphatic carbocycles. The molecule has 1 N–H and O–H groups in total. The van der Waals surface area contributed by atoms with Crippen LogP contribution in [0.3, 0.4) is 0 Å². The molecule has 3 aliphatic rings. The second kappa shape index (κ2) is 6.81. The van der Waals surface area contributed by atoms with Gasteiger partial charge in [0.25, 0.3) is 0 Å². The zero-order valence-electron chi connectivity index (χ0n) is 14.0. The lowest BCUT2D eigenvalue weighted by atomic mass is 10.00. The highest BCUT2D eigenvalue weighted by atomic mass is 16.5. The molecule has 4 nitrogen and oxygen atoms in total. The van der Waals surface area contributed by atoms with Gasteiger partial charge in [-0.3, -0.25) is 4.79 Å². The summed E-state index contributed by atoms with van der Waals surface area (Å²) in [7, 11) is 0. The first-order chi connectivity index (χ1) is 11.8. The number of carbonyl (C=O) groups excluding carboxylic acids is 1. The highest BCUT2D eigenvalue weighted by Crippen LogP contribution is 2.22. The van der Waals surface area contributed by atoms with Gasteiger partial charge in [0.2, 0.25) is 5.91 Å². The summed E-state index contributed by atoms with van der Waals surface area (Å²) in [5.74, 6) is 0.0253. The summed E-state index contributed by atoms with van der Waals surface area (Å²) in [5, 5.41) is 3.02. The third-order valence-corrected chi connectivity index (χ3v) is 5.16. The van der Waals surface area contributed by atoms with Crippen molar-refractivity contribution in [3.63, 3.8) is 0 Å². The van der Waals surface area contributed by atoms with E-state index in [0.717, 1.165) is 38.8 Å². The number of ether oxygens (including phenoxy) is 1. The van der Waals surface area contributed by atoms with E-state index in [1.165, 1.54) is 22.4 Å². The van der Waals surface area contributed by atoms with Crippen molar-refractivity contribution in [3.05, 3.63) is 58.8 Å². The average Bonchev–Trinajstić information content (AvgIpc) is 3.01. The Morgan fingerprint density at radius 1 is 1.25 bits per heavy atom. The Balaban J connectivity index is 1.37. The van der Waals surface area contributed by atoms with Crippen molar-refractivity contribution in [2.45, 2.75) is 38.3 Å². The third kappa shape index (κ3) is 3.24. The van der Waals surface area contributed by atoms with Crippen LogP contribution in [0.25, 0.3) is 0 Å². The number of fused-ring (bicyclic) bond motifs is 1. The van der Waals surface area contributed by atoms with E-state index in [4.69, 9.17) is 4.74 Å². The van der Waals surface area contributed by atoms with Crippen molar-refractivity contribution < 1.29 is 9.53 Å². The first-order valence-corrected chi connectivity index (χ1v) is 8.93. The van der Waals surface area contributed by atoms with Gasteiger partial charge in [0.05, 0.1) is 0 Å². The van der Waals surface area contributed by atoms with E-state index in [1.807, 2.05) is 0 Å². The first kappa shape index (κ1) is 15.5. The van der Waals surface area contributed by atoms with Crippen molar-refractivity contribution in [2.24, 2.45) is 0 Å². The molecule has 1 aromatic carbocycles. The second-order valence-corrected chi connectivity index (χ2v) is 6.76. The smallest absolute Gasteiger partial charge is 0.249 e. The van der Waals surface area contributed by atoms with Crippen molar-refractivity contribution in [1.82, 2.24) is 10.2 Å². The predicted octanol–water partition coefficient (Wildman–Crippen LogP) is 2.34. The zero-order chi connectivity index (χ0) is 16.4. The highest BCUT2D eigenvalue weighted by Gasteiger charge is 2.23. The van der Waals surface area contributed by atoms with E-state index in [2.05, 4.69) is 46.6 Å². The SMILES string of the molecule is O=C(NCc1ccc2c(c1)CCN(C1=CC=C1)CC2)C1CCCO1. The van der Waals surface area contributed by atoms with Gasteiger partial charge in [0.15, 0.2) is 0 Å². The molecule has 126 valence electrons. The summed E-state index contributed by atoms with van der Waals surface area (Å²) < 4.78 is 5.43. The van der Waals surface area contributed by atoms with Crippen LogP contribution >= 0.6 is 0 Å². The average molecular weight is 324 g/mol. The van der Waals surface area contributed by atoms with Crippen LogP contribution in [0, 0.1) is 0 Å². The Hall–Kier alpha value is -2.07. The zero-order valence-corrected chi connectivity index (χ0v) is 14.0. The van der Waals surface area contributed by atoms with E-state index in [-0.39, 0.29) is 12.0 Å². The van der Waals surface area contributed by atoms with Crippen LogP contribution in [0.5, 0.6) is 0 Å². The number of hydrogen-bond acceptors (Lipinski definition) is 3. The molecule has 1 aromatic rings. The van der Waals surface area contributed by atoms with Crippen LogP contribution in [0.15, 0.2) is 42.1 Å². The van der Waals surface area contributed by atoms with Crippen LogP contribution in [-0.4, -0.2) is 36.6 Å². The fourth-order valence-corrected chi connectivity index (χ4v) is 3.63. The van der Waals surface area contributed by atoms with E-state index in [0.29, 0.717) is 13.2 Å². The van der Waals surface area contributed by atoms with Gasteiger partial charge in [0.1, 0.15) is 6.10 Å². The molecule has 1 unspecified atom stereocenters. The molecule has 1 fully saturated rings. The van der Waals surface area contributed by atoms with Crippen LogP contribution in [0.1, 0.15) is 29.5 Å². The van der Waals surface area contributed by atoms with Crippen LogP contribution in [-0.2, 0) is 28.9 Å². The Kier molecular flexibility index (Phi) is 4.39. The van der Waals surface area contributed by atoms with Gasteiger partial charge in [-0.25, -0.2) is 0 Å². The topological polar surface area (TPSA) is 41.6 Å². The standard InChI is InChI=1S/C20H24N2O2/c23-20(19-5-2-12-24-19)21-14-15-6-7-16-8-10-22(18-3-1-4-18)11-9-17(16)13-15/h1,3-4,6-7,13,19H,2,5,8-12,14H2,(H,21,23). The van der Waals surface area contributed by atoms with Gasteiger partial charge in [-0.2, -0.15) is 0 Å².